The van der Waals surface area contributed by atoms with Gasteiger partial charge in [-0.25, -0.2) is 4.39 Å². The van der Waals surface area contributed by atoms with Crippen molar-refractivity contribution < 1.29 is 19.1 Å². The average molecular weight is 291 g/mol. The van der Waals surface area contributed by atoms with Crippen molar-refractivity contribution in [2.45, 2.75) is 31.6 Å². The van der Waals surface area contributed by atoms with Gasteiger partial charge in [0.05, 0.1) is 10.8 Å². The Hall–Kier alpha value is -1.91. The van der Waals surface area contributed by atoms with Crippen LogP contribution in [0.4, 0.5) is 4.39 Å². The molecule has 112 valence electrons. The molecule has 21 heavy (non-hydrogen) atoms. The van der Waals surface area contributed by atoms with Gasteiger partial charge >= 0.3 is 5.97 Å². The van der Waals surface area contributed by atoms with Crippen LogP contribution in [0.5, 0.6) is 0 Å². The minimum absolute atomic E-state index is 0.127. The predicted octanol–water partition coefficient (Wildman–Crippen LogP) is 2.18. The van der Waals surface area contributed by atoms with Crippen LogP contribution in [0, 0.1) is 11.2 Å². The van der Waals surface area contributed by atoms with Crippen molar-refractivity contribution in [3.63, 3.8) is 0 Å². The van der Waals surface area contributed by atoms with Gasteiger partial charge in [0.1, 0.15) is 5.82 Å². The molecule has 0 aromatic heterocycles. The molecule has 1 saturated carbocycles. The molecule has 2 fully saturated rings. The molecule has 1 aromatic rings. The third-order valence-corrected chi connectivity index (χ3v) is 4.83. The minimum atomic E-state index is -0.888. The lowest BCUT2D eigenvalue weighted by atomic mass is 9.90. The molecule has 1 aliphatic heterocycles. The van der Waals surface area contributed by atoms with Crippen molar-refractivity contribution in [2.75, 3.05) is 13.1 Å². The third kappa shape index (κ3) is 2.11. The summed E-state index contributed by atoms with van der Waals surface area (Å²) in [6, 6.07) is 6.37. The fraction of sp³-hybridized carbons (Fsp3) is 0.500. The first-order valence-corrected chi connectivity index (χ1v) is 7.17. The van der Waals surface area contributed by atoms with Crippen molar-refractivity contribution in [1.82, 2.24) is 4.90 Å². The Bertz CT molecular complexity index is 611. The van der Waals surface area contributed by atoms with E-state index in [1.165, 1.54) is 6.07 Å². The Morgan fingerprint density at radius 2 is 1.90 bits per heavy atom. The molecule has 1 amide bonds. The van der Waals surface area contributed by atoms with Crippen LogP contribution in [-0.4, -0.2) is 35.0 Å². The van der Waals surface area contributed by atoms with Crippen LogP contribution < -0.4 is 0 Å². The van der Waals surface area contributed by atoms with Gasteiger partial charge in [0.2, 0.25) is 5.91 Å². The molecule has 3 rings (SSSR count). The van der Waals surface area contributed by atoms with Crippen LogP contribution in [0.25, 0.3) is 0 Å². The molecular weight excluding hydrogens is 273 g/mol. The molecule has 1 atom stereocenters. The Balaban J connectivity index is 1.84. The summed E-state index contributed by atoms with van der Waals surface area (Å²) < 4.78 is 14.0. The van der Waals surface area contributed by atoms with E-state index in [-0.39, 0.29) is 18.3 Å². The Labute approximate surface area is 122 Å². The number of halogens is 1. The SMILES string of the molecule is CC1(C(=O)O)CCN(C(=O)C2(c3ccccc3F)CC2)C1. The quantitative estimate of drug-likeness (QED) is 0.928. The molecule has 1 N–H and O–H groups in total. The van der Waals surface area contributed by atoms with Gasteiger partial charge in [0.15, 0.2) is 0 Å². The maximum atomic E-state index is 14.0. The molecule has 0 bridgehead atoms. The Kier molecular flexibility index (Phi) is 3.04. The van der Waals surface area contributed by atoms with Crippen LogP contribution in [-0.2, 0) is 15.0 Å². The lowest BCUT2D eigenvalue weighted by molar-refractivity contribution is -0.147. The molecule has 0 spiro atoms. The zero-order valence-electron chi connectivity index (χ0n) is 11.9. The van der Waals surface area contributed by atoms with Gasteiger partial charge in [0.25, 0.3) is 0 Å². The van der Waals surface area contributed by atoms with Gasteiger partial charge in [-0.1, -0.05) is 18.2 Å². The van der Waals surface area contributed by atoms with E-state index in [1.54, 1.807) is 30.0 Å². The van der Waals surface area contributed by atoms with Gasteiger partial charge < -0.3 is 10.0 Å². The van der Waals surface area contributed by atoms with Crippen molar-refractivity contribution >= 4 is 11.9 Å². The van der Waals surface area contributed by atoms with Crippen LogP contribution in [0.1, 0.15) is 31.7 Å². The Morgan fingerprint density at radius 3 is 2.43 bits per heavy atom. The summed E-state index contributed by atoms with van der Waals surface area (Å²) in [5, 5.41) is 9.25. The average Bonchev–Trinajstić information content (AvgIpc) is 3.15. The van der Waals surface area contributed by atoms with E-state index in [0.717, 1.165) is 0 Å². The molecular formula is C16H18FNO3. The second-order valence-electron chi connectivity index (χ2n) is 6.40. The molecule has 2 aliphatic rings. The van der Waals surface area contributed by atoms with Gasteiger partial charge in [-0.2, -0.15) is 0 Å². The maximum Gasteiger partial charge on any atom is 0.311 e. The first-order valence-electron chi connectivity index (χ1n) is 7.17. The molecule has 1 unspecified atom stereocenters. The van der Waals surface area contributed by atoms with Crippen molar-refractivity contribution in [3.8, 4) is 0 Å². The summed E-state index contributed by atoms with van der Waals surface area (Å²) in [5.74, 6) is -1.37. The fourth-order valence-corrected chi connectivity index (χ4v) is 3.18. The van der Waals surface area contributed by atoms with Crippen LogP contribution in [0.3, 0.4) is 0 Å². The highest BCUT2D eigenvalue weighted by molar-refractivity contribution is 5.92. The lowest BCUT2D eigenvalue weighted by Gasteiger charge is -2.25. The number of likely N-dealkylation sites (tertiary alicyclic amines) is 1. The molecule has 4 nitrogen and oxygen atoms in total. The molecule has 5 heteroatoms. The summed E-state index contributed by atoms with van der Waals surface area (Å²) in [4.78, 5) is 25.6. The number of carbonyl (C=O) groups is 2. The second-order valence-corrected chi connectivity index (χ2v) is 6.40. The van der Waals surface area contributed by atoms with E-state index >= 15 is 0 Å². The number of hydrogen-bond acceptors (Lipinski definition) is 2. The first kappa shape index (κ1) is 14.0. The van der Waals surface area contributed by atoms with Crippen molar-refractivity contribution in [1.29, 1.82) is 0 Å². The number of carboxylic acid groups (broad SMARTS) is 1. The topological polar surface area (TPSA) is 57.6 Å². The zero-order chi connectivity index (χ0) is 15.3. The smallest absolute Gasteiger partial charge is 0.311 e. The summed E-state index contributed by atoms with van der Waals surface area (Å²) in [7, 11) is 0. The van der Waals surface area contributed by atoms with Crippen LogP contribution in [0.15, 0.2) is 24.3 Å². The number of carboxylic acids is 1. The van der Waals surface area contributed by atoms with E-state index in [4.69, 9.17) is 0 Å². The van der Waals surface area contributed by atoms with Crippen molar-refractivity contribution in [2.24, 2.45) is 5.41 Å². The lowest BCUT2D eigenvalue weighted by Crippen LogP contribution is -2.40. The van der Waals surface area contributed by atoms with E-state index < -0.39 is 16.8 Å². The third-order valence-electron chi connectivity index (χ3n) is 4.83. The largest absolute Gasteiger partial charge is 0.481 e. The number of aliphatic carboxylic acids is 1. The van der Waals surface area contributed by atoms with Gasteiger partial charge in [0, 0.05) is 18.7 Å². The monoisotopic (exact) mass is 291 g/mol. The zero-order valence-corrected chi connectivity index (χ0v) is 11.9. The number of hydrogen-bond donors (Lipinski definition) is 1. The maximum absolute atomic E-state index is 14.0. The van der Waals surface area contributed by atoms with Crippen LogP contribution >= 0.6 is 0 Å². The van der Waals surface area contributed by atoms with E-state index in [2.05, 4.69) is 0 Å². The number of carbonyl (C=O) groups excluding carboxylic acids is 1. The highest BCUT2D eigenvalue weighted by Crippen LogP contribution is 2.51. The second kappa shape index (κ2) is 4.55. The molecule has 1 saturated heterocycles. The molecule has 1 aromatic carbocycles. The fourth-order valence-electron chi connectivity index (χ4n) is 3.18. The summed E-state index contributed by atoms with van der Waals surface area (Å²) >= 11 is 0. The van der Waals surface area contributed by atoms with E-state index in [0.29, 0.717) is 31.4 Å². The first-order chi connectivity index (χ1) is 9.89. The standard InChI is InChI=1S/C16H18FNO3/c1-15(14(20)21)8-9-18(10-15)13(19)16(6-7-16)11-4-2-3-5-12(11)17/h2-5H,6-10H2,1H3,(H,20,21). The van der Waals surface area contributed by atoms with Crippen molar-refractivity contribution in [3.05, 3.63) is 35.6 Å². The number of amides is 1. The number of benzene rings is 1. The summed E-state index contributed by atoms with van der Waals surface area (Å²) in [5.41, 5.74) is -1.21. The van der Waals surface area contributed by atoms with E-state index in [9.17, 15) is 19.1 Å². The highest BCUT2D eigenvalue weighted by atomic mass is 19.1. The van der Waals surface area contributed by atoms with Gasteiger partial charge in [-0.05, 0) is 32.3 Å². The summed E-state index contributed by atoms with van der Waals surface area (Å²) in [6.07, 6.45) is 1.71. The van der Waals surface area contributed by atoms with Gasteiger partial charge in [-0.15, -0.1) is 0 Å². The minimum Gasteiger partial charge on any atom is -0.481 e. The highest BCUT2D eigenvalue weighted by Gasteiger charge is 2.56. The number of rotatable bonds is 3. The molecule has 1 aliphatic carbocycles. The van der Waals surface area contributed by atoms with E-state index in [1.807, 2.05) is 0 Å². The predicted molar refractivity (Wildman–Crippen MR) is 74.3 cm³/mol. The normalized spacial score (nSPS) is 26.7. The molecule has 0 radical (unpaired) electrons. The summed E-state index contributed by atoms with van der Waals surface area (Å²) in [6.45, 7) is 2.29. The Morgan fingerprint density at radius 1 is 1.24 bits per heavy atom. The van der Waals surface area contributed by atoms with Gasteiger partial charge in [-0.3, -0.25) is 9.59 Å². The van der Waals surface area contributed by atoms with Crippen LogP contribution in [0.2, 0.25) is 0 Å². The molecule has 1 heterocycles. The number of nitrogens with zero attached hydrogens (tertiary/aromatic N) is 1.